The first-order chi connectivity index (χ1) is 15.0. The highest BCUT2D eigenvalue weighted by molar-refractivity contribution is 6.04. The van der Waals surface area contributed by atoms with E-state index in [0.717, 1.165) is 61.4 Å². The lowest BCUT2D eigenvalue weighted by atomic mass is 10.1. The van der Waals surface area contributed by atoms with E-state index in [1.165, 1.54) is 12.2 Å². The minimum Gasteiger partial charge on any atom is -0.289 e. The molecule has 8 heteroatoms. The maximum absolute atomic E-state index is 12.5. The number of hydrogen-bond acceptors (Lipinski definition) is 2. The maximum atomic E-state index is 12.5. The van der Waals surface area contributed by atoms with Gasteiger partial charge in [0.25, 0.3) is 0 Å². The molecular formula is C24H20F6O2. The van der Waals surface area contributed by atoms with Crippen molar-refractivity contribution in [2.45, 2.75) is 38.0 Å². The molecule has 0 bridgehead atoms. The molecule has 0 aliphatic heterocycles. The van der Waals surface area contributed by atoms with Crippen molar-refractivity contribution in [1.82, 2.24) is 0 Å². The van der Waals surface area contributed by atoms with Gasteiger partial charge >= 0.3 is 12.4 Å². The van der Waals surface area contributed by atoms with E-state index in [-0.39, 0.29) is 22.7 Å². The van der Waals surface area contributed by atoms with Crippen molar-refractivity contribution >= 4 is 11.6 Å². The van der Waals surface area contributed by atoms with E-state index in [1.807, 2.05) is 0 Å². The Morgan fingerprint density at radius 2 is 0.906 bits per heavy atom. The van der Waals surface area contributed by atoms with Crippen molar-refractivity contribution in [3.05, 3.63) is 95.1 Å². The standard InChI is InChI=1S/C24H20F6O2/c25-23(26,27)19-13-9-17(10-14-19)21(31)7-5-3-1-2-4-6-8-22(32)18-11-15-20(16-12-18)24(28,29)30/h5-16H,1-4H2/b7-5+,8-6+. The van der Waals surface area contributed by atoms with Gasteiger partial charge in [0.05, 0.1) is 11.1 Å². The number of unbranched alkanes of at least 4 members (excludes halogenated alkanes) is 3. The predicted molar refractivity (Wildman–Crippen MR) is 108 cm³/mol. The quantitative estimate of drug-likeness (QED) is 0.171. The van der Waals surface area contributed by atoms with Crippen molar-refractivity contribution in [1.29, 1.82) is 0 Å². The van der Waals surface area contributed by atoms with Crippen molar-refractivity contribution < 1.29 is 35.9 Å². The number of alkyl halides is 6. The Balaban J connectivity index is 1.70. The lowest BCUT2D eigenvalue weighted by Gasteiger charge is -2.06. The molecule has 0 aliphatic rings. The number of rotatable bonds is 9. The molecule has 0 radical (unpaired) electrons. The fraction of sp³-hybridized carbons (Fsp3) is 0.250. The first-order valence-electron chi connectivity index (χ1n) is 9.75. The molecule has 32 heavy (non-hydrogen) atoms. The first-order valence-corrected chi connectivity index (χ1v) is 9.75. The molecule has 0 aliphatic carbocycles. The maximum Gasteiger partial charge on any atom is 0.416 e. The van der Waals surface area contributed by atoms with Crippen LogP contribution in [0, 0.1) is 0 Å². The van der Waals surface area contributed by atoms with Crippen LogP contribution in [0.5, 0.6) is 0 Å². The van der Waals surface area contributed by atoms with Gasteiger partial charge in [0, 0.05) is 11.1 Å². The third-order valence-electron chi connectivity index (χ3n) is 4.52. The number of hydrogen-bond donors (Lipinski definition) is 0. The zero-order valence-electron chi connectivity index (χ0n) is 16.8. The average Bonchev–Trinajstić information content (AvgIpc) is 2.74. The van der Waals surface area contributed by atoms with Crippen LogP contribution in [-0.2, 0) is 12.4 Å². The largest absolute Gasteiger partial charge is 0.416 e. The summed E-state index contributed by atoms with van der Waals surface area (Å²) in [6.45, 7) is 0. The molecule has 0 unspecified atom stereocenters. The van der Waals surface area contributed by atoms with Gasteiger partial charge in [-0.05, 0) is 62.1 Å². The Morgan fingerprint density at radius 3 is 1.19 bits per heavy atom. The molecule has 170 valence electrons. The monoisotopic (exact) mass is 454 g/mol. The Bertz CT molecular complexity index is 884. The van der Waals surface area contributed by atoms with Crippen LogP contribution in [0.4, 0.5) is 26.3 Å². The summed E-state index contributed by atoms with van der Waals surface area (Å²) in [6.07, 6.45) is -0.416. The van der Waals surface area contributed by atoms with Crippen LogP contribution in [0.3, 0.4) is 0 Å². The molecule has 0 saturated carbocycles. The van der Waals surface area contributed by atoms with E-state index in [2.05, 4.69) is 0 Å². The van der Waals surface area contributed by atoms with Crippen LogP contribution in [0.25, 0.3) is 0 Å². The third-order valence-corrected chi connectivity index (χ3v) is 4.52. The third kappa shape index (κ3) is 7.83. The molecule has 2 rings (SSSR count). The zero-order chi connectivity index (χ0) is 23.8. The highest BCUT2D eigenvalue weighted by Crippen LogP contribution is 2.30. The molecular weight excluding hydrogens is 434 g/mol. The number of carbonyl (C=O) groups excluding carboxylic acids is 2. The Hall–Kier alpha value is -3.16. The van der Waals surface area contributed by atoms with Crippen LogP contribution in [-0.4, -0.2) is 11.6 Å². The first kappa shape index (κ1) is 25.1. The summed E-state index contributed by atoms with van der Waals surface area (Å²) in [7, 11) is 0. The molecule has 0 aromatic heterocycles. The molecule has 0 atom stereocenters. The SMILES string of the molecule is O=C(/C=C/CCCC/C=C/C(=O)c1ccc(C(F)(F)F)cc1)c1ccc(C(F)(F)F)cc1. The Kier molecular flexibility index (Phi) is 8.57. The zero-order valence-corrected chi connectivity index (χ0v) is 16.8. The lowest BCUT2D eigenvalue weighted by molar-refractivity contribution is -0.138. The van der Waals surface area contributed by atoms with Gasteiger partial charge in [0.15, 0.2) is 11.6 Å². The summed E-state index contributed by atoms with van der Waals surface area (Å²) in [6, 6.07) is 7.97. The molecule has 0 heterocycles. The molecule has 2 aromatic rings. The van der Waals surface area contributed by atoms with E-state index < -0.39 is 23.5 Å². The van der Waals surface area contributed by atoms with Gasteiger partial charge in [-0.25, -0.2) is 0 Å². The molecule has 0 saturated heterocycles. The van der Waals surface area contributed by atoms with Gasteiger partial charge in [-0.1, -0.05) is 36.4 Å². The van der Waals surface area contributed by atoms with E-state index in [1.54, 1.807) is 12.2 Å². The van der Waals surface area contributed by atoms with Crippen molar-refractivity contribution in [3.8, 4) is 0 Å². The summed E-state index contributed by atoms with van der Waals surface area (Å²) in [5.41, 5.74) is -1.30. The Labute approximate surface area is 181 Å². The van der Waals surface area contributed by atoms with Gasteiger partial charge < -0.3 is 0 Å². The molecule has 0 amide bonds. The summed E-state index contributed by atoms with van der Waals surface area (Å²) >= 11 is 0. The summed E-state index contributed by atoms with van der Waals surface area (Å²) in [5, 5.41) is 0. The lowest BCUT2D eigenvalue weighted by Crippen LogP contribution is -2.05. The fourth-order valence-electron chi connectivity index (χ4n) is 2.74. The molecule has 0 fully saturated rings. The normalized spacial score (nSPS) is 12.6. The van der Waals surface area contributed by atoms with Crippen LogP contribution in [0.1, 0.15) is 57.5 Å². The van der Waals surface area contributed by atoms with E-state index >= 15 is 0 Å². The van der Waals surface area contributed by atoms with E-state index in [0.29, 0.717) is 12.8 Å². The highest BCUT2D eigenvalue weighted by Gasteiger charge is 2.30. The minimum atomic E-state index is -4.45. The number of carbonyl (C=O) groups is 2. The van der Waals surface area contributed by atoms with Crippen LogP contribution in [0.15, 0.2) is 72.8 Å². The molecule has 0 spiro atoms. The second-order valence-corrected chi connectivity index (χ2v) is 6.97. The van der Waals surface area contributed by atoms with E-state index in [4.69, 9.17) is 0 Å². The molecule has 2 nitrogen and oxygen atoms in total. The van der Waals surface area contributed by atoms with Crippen molar-refractivity contribution in [2.24, 2.45) is 0 Å². The van der Waals surface area contributed by atoms with E-state index in [9.17, 15) is 35.9 Å². The second-order valence-electron chi connectivity index (χ2n) is 6.97. The average molecular weight is 454 g/mol. The van der Waals surface area contributed by atoms with Gasteiger partial charge in [0.1, 0.15) is 0 Å². The summed E-state index contributed by atoms with van der Waals surface area (Å²) in [5.74, 6) is -0.776. The molecule has 2 aromatic carbocycles. The number of benzene rings is 2. The summed E-state index contributed by atoms with van der Waals surface area (Å²) < 4.78 is 75.1. The Morgan fingerprint density at radius 1 is 0.594 bits per heavy atom. The number of halogens is 6. The number of ketones is 2. The second kappa shape index (κ2) is 10.9. The topological polar surface area (TPSA) is 34.1 Å². The van der Waals surface area contributed by atoms with Gasteiger partial charge in [0.2, 0.25) is 0 Å². The van der Waals surface area contributed by atoms with Gasteiger partial charge in [-0.2, -0.15) is 26.3 Å². The smallest absolute Gasteiger partial charge is 0.289 e. The predicted octanol–water partition coefficient (Wildman–Crippen LogP) is 7.46. The minimum absolute atomic E-state index is 0.166. The van der Waals surface area contributed by atoms with Crippen molar-refractivity contribution in [2.75, 3.05) is 0 Å². The van der Waals surface area contributed by atoms with Crippen LogP contribution < -0.4 is 0 Å². The molecule has 0 N–H and O–H groups in total. The highest BCUT2D eigenvalue weighted by atomic mass is 19.4. The van der Waals surface area contributed by atoms with Crippen molar-refractivity contribution in [3.63, 3.8) is 0 Å². The van der Waals surface area contributed by atoms with Crippen LogP contribution in [0.2, 0.25) is 0 Å². The fourth-order valence-corrected chi connectivity index (χ4v) is 2.74. The van der Waals surface area contributed by atoms with Gasteiger partial charge in [-0.15, -0.1) is 0 Å². The number of allylic oxidation sites excluding steroid dienone is 4. The van der Waals surface area contributed by atoms with Gasteiger partial charge in [-0.3, -0.25) is 9.59 Å². The van der Waals surface area contributed by atoms with Crippen LogP contribution >= 0.6 is 0 Å². The summed E-state index contributed by atoms with van der Waals surface area (Å²) in [4.78, 5) is 23.9.